The van der Waals surface area contributed by atoms with Crippen molar-refractivity contribution in [1.29, 1.82) is 0 Å². The summed E-state index contributed by atoms with van der Waals surface area (Å²) in [5, 5.41) is 0. The van der Waals surface area contributed by atoms with Gasteiger partial charge in [-0.05, 0) is 30.7 Å². The lowest BCUT2D eigenvalue weighted by Gasteiger charge is -2.19. The van der Waals surface area contributed by atoms with E-state index in [0.717, 1.165) is 0 Å². The molecule has 5 rings (SSSR count). The maximum absolute atomic E-state index is 12.8. The van der Waals surface area contributed by atoms with Crippen molar-refractivity contribution in [3.05, 3.63) is 48.0 Å². The van der Waals surface area contributed by atoms with Crippen molar-refractivity contribution in [3.8, 4) is 17.2 Å². The second-order valence-electron chi connectivity index (χ2n) is 6.94. The minimum absolute atomic E-state index is 0.214. The van der Waals surface area contributed by atoms with Crippen LogP contribution in [0, 0.1) is 0 Å². The standard InChI is InChI=1S/C22H20N4O4/c1-2-9-30-22(27)18-19-21(25-15-6-4-3-5-14(15)24-19)26(20(18)23)13-7-8-16-17(12-13)29-11-10-28-16/h3-8,12H,2,9-11,23H2,1H3. The highest BCUT2D eigenvalue weighted by atomic mass is 16.6. The summed E-state index contributed by atoms with van der Waals surface area (Å²) in [6.45, 7) is 3.21. The zero-order valence-corrected chi connectivity index (χ0v) is 16.4. The molecule has 4 aromatic rings. The number of aromatic nitrogens is 3. The van der Waals surface area contributed by atoms with E-state index in [2.05, 4.69) is 4.98 Å². The Bertz CT molecular complexity index is 1280. The Morgan fingerprint density at radius 1 is 1.10 bits per heavy atom. The minimum atomic E-state index is -0.514. The lowest BCUT2D eigenvalue weighted by atomic mass is 10.2. The van der Waals surface area contributed by atoms with Gasteiger partial charge < -0.3 is 19.9 Å². The number of carbonyl (C=O) groups excluding carboxylic acids is 1. The third-order valence-electron chi connectivity index (χ3n) is 4.92. The molecule has 0 saturated heterocycles. The maximum Gasteiger partial charge on any atom is 0.344 e. The Labute approximate surface area is 172 Å². The molecule has 152 valence electrons. The molecule has 0 aliphatic carbocycles. The average molecular weight is 404 g/mol. The van der Waals surface area contributed by atoms with E-state index in [1.807, 2.05) is 49.4 Å². The summed E-state index contributed by atoms with van der Waals surface area (Å²) in [5.74, 6) is 0.987. The van der Waals surface area contributed by atoms with Crippen LogP contribution in [0.2, 0.25) is 0 Å². The van der Waals surface area contributed by atoms with Gasteiger partial charge in [-0.3, -0.25) is 4.57 Å². The fourth-order valence-corrected chi connectivity index (χ4v) is 3.56. The van der Waals surface area contributed by atoms with Gasteiger partial charge in [-0.25, -0.2) is 14.8 Å². The van der Waals surface area contributed by atoms with Crippen molar-refractivity contribution in [2.24, 2.45) is 0 Å². The first-order chi connectivity index (χ1) is 14.7. The summed E-state index contributed by atoms with van der Waals surface area (Å²) in [6.07, 6.45) is 0.709. The van der Waals surface area contributed by atoms with Crippen molar-refractivity contribution in [2.45, 2.75) is 13.3 Å². The van der Waals surface area contributed by atoms with Crippen LogP contribution in [0.15, 0.2) is 42.5 Å². The molecule has 0 spiro atoms. The molecule has 8 nitrogen and oxygen atoms in total. The fourth-order valence-electron chi connectivity index (χ4n) is 3.56. The van der Waals surface area contributed by atoms with E-state index in [1.165, 1.54) is 0 Å². The highest BCUT2D eigenvalue weighted by Gasteiger charge is 2.26. The Balaban J connectivity index is 1.77. The molecule has 2 N–H and O–H groups in total. The van der Waals surface area contributed by atoms with Crippen LogP contribution in [0.25, 0.3) is 27.9 Å². The van der Waals surface area contributed by atoms with Crippen LogP contribution in [0.3, 0.4) is 0 Å². The first-order valence-corrected chi connectivity index (χ1v) is 9.81. The van der Waals surface area contributed by atoms with E-state index in [0.29, 0.717) is 65.6 Å². The molecule has 2 aromatic carbocycles. The zero-order valence-electron chi connectivity index (χ0n) is 16.4. The Morgan fingerprint density at radius 3 is 2.60 bits per heavy atom. The normalized spacial score (nSPS) is 13.0. The van der Waals surface area contributed by atoms with Gasteiger partial charge in [0.25, 0.3) is 0 Å². The lowest BCUT2D eigenvalue weighted by Crippen LogP contribution is -2.15. The second kappa shape index (κ2) is 7.22. The van der Waals surface area contributed by atoms with Gasteiger partial charge in [0.05, 0.1) is 23.3 Å². The van der Waals surface area contributed by atoms with E-state index in [9.17, 15) is 4.79 Å². The van der Waals surface area contributed by atoms with Crippen molar-refractivity contribution in [1.82, 2.24) is 14.5 Å². The highest BCUT2D eigenvalue weighted by Crippen LogP contribution is 2.36. The lowest BCUT2D eigenvalue weighted by molar-refractivity contribution is 0.0508. The summed E-state index contributed by atoms with van der Waals surface area (Å²) in [4.78, 5) is 22.3. The first-order valence-electron chi connectivity index (χ1n) is 9.81. The largest absolute Gasteiger partial charge is 0.486 e. The van der Waals surface area contributed by atoms with Crippen LogP contribution in [0.1, 0.15) is 23.7 Å². The van der Waals surface area contributed by atoms with Crippen molar-refractivity contribution in [2.75, 3.05) is 25.6 Å². The molecule has 1 aliphatic heterocycles. The van der Waals surface area contributed by atoms with Crippen LogP contribution >= 0.6 is 0 Å². The summed E-state index contributed by atoms with van der Waals surface area (Å²) >= 11 is 0. The molecular weight excluding hydrogens is 384 g/mol. The molecule has 30 heavy (non-hydrogen) atoms. The second-order valence-corrected chi connectivity index (χ2v) is 6.94. The third kappa shape index (κ3) is 2.88. The number of rotatable bonds is 4. The minimum Gasteiger partial charge on any atom is -0.486 e. The van der Waals surface area contributed by atoms with Gasteiger partial charge in [-0.2, -0.15) is 0 Å². The number of para-hydroxylation sites is 2. The topological polar surface area (TPSA) is 101 Å². The van der Waals surface area contributed by atoms with Crippen LogP contribution in [-0.2, 0) is 4.74 Å². The molecule has 0 saturated carbocycles. The summed E-state index contributed by atoms with van der Waals surface area (Å²) in [6, 6.07) is 13.0. The number of nitrogens with zero attached hydrogens (tertiary/aromatic N) is 3. The first kappa shape index (κ1) is 18.2. The van der Waals surface area contributed by atoms with E-state index < -0.39 is 5.97 Å². The van der Waals surface area contributed by atoms with Gasteiger partial charge in [-0.15, -0.1) is 0 Å². The number of nitrogen functional groups attached to an aromatic ring is 1. The van der Waals surface area contributed by atoms with Crippen molar-refractivity contribution < 1.29 is 19.0 Å². The number of benzene rings is 2. The molecule has 0 unspecified atom stereocenters. The molecule has 0 fully saturated rings. The Kier molecular flexibility index (Phi) is 4.39. The number of anilines is 1. The Morgan fingerprint density at radius 2 is 1.83 bits per heavy atom. The van der Waals surface area contributed by atoms with Crippen molar-refractivity contribution >= 4 is 34.0 Å². The number of ether oxygens (including phenoxy) is 3. The number of hydrogen-bond donors (Lipinski definition) is 1. The number of nitrogens with two attached hydrogens (primary N) is 1. The van der Waals surface area contributed by atoms with Crippen LogP contribution in [-0.4, -0.2) is 40.3 Å². The average Bonchev–Trinajstić information content (AvgIpc) is 3.06. The SMILES string of the molecule is CCCOC(=O)c1c(N)n(-c2ccc3c(c2)OCCO3)c2nc3ccccc3nc12. The van der Waals surface area contributed by atoms with Gasteiger partial charge in [-0.1, -0.05) is 19.1 Å². The number of esters is 1. The monoisotopic (exact) mass is 404 g/mol. The quantitative estimate of drug-likeness (QED) is 0.520. The molecule has 0 amide bonds. The summed E-state index contributed by atoms with van der Waals surface area (Å²) in [5.41, 5.74) is 9.64. The van der Waals surface area contributed by atoms with Gasteiger partial charge in [0.1, 0.15) is 30.1 Å². The Hall–Kier alpha value is -3.81. The number of hydrogen-bond acceptors (Lipinski definition) is 7. The zero-order chi connectivity index (χ0) is 20.7. The number of carbonyl (C=O) groups is 1. The van der Waals surface area contributed by atoms with Crippen LogP contribution < -0.4 is 15.2 Å². The molecule has 8 heteroatoms. The maximum atomic E-state index is 12.8. The van der Waals surface area contributed by atoms with Gasteiger partial charge in [0.2, 0.25) is 0 Å². The molecular formula is C22H20N4O4. The molecule has 1 aliphatic rings. The molecule has 3 heterocycles. The molecule has 0 radical (unpaired) electrons. The van der Waals surface area contributed by atoms with Crippen LogP contribution in [0.5, 0.6) is 11.5 Å². The van der Waals surface area contributed by atoms with E-state index in [4.69, 9.17) is 24.9 Å². The summed E-state index contributed by atoms with van der Waals surface area (Å²) < 4.78 is 18.4. The smallest absolute Gasteiger partial charge is 0.344 e. The highest BCUT2D eigenvalue weighted by molar-refractivity contribution is 6.09. The van der Waals surface area contributed by atoms with Crippen molar-refractivity contribution in [3.63, 3.8) is 0 Å². The predicted octanol–water partition coefficient (Wildman–Crippen LogP) is 3.49. The van der Waals surface area contributed by atoms with Gasteiger partial charge in [0, 0.05) is 6.07 Å². The molecule has 0 bridgehead atoms. The van der Waals surface area contributed by atoms with E-state index in [-0.39, 0.29) is 11.4 Å². The third-order valence-corrected chi connectivity index (χ3v) is 4.92. The predicted molar refractivity (Wildman–Crippen MR) is 112 cm³/mol. The molecule has 0 atom stereocenters. The van der Waals surface area contributed by atoms with E-state index in [1.54, 1.807) is 4.57 Å². The summed E-state index contributed by atoms with van der Waals surface area (Å²) in [7, 11) is 0. The van der Waals surface area contributed by atoms with Gasteiger partial charge in [0.15, 0.2) is 17.1 Å². The molecule has 2 aromatic heterocycles. The van der Waals surface area contributed by atoms with Gasteiger partial charge >= 0.3 is 5.97 Å². The fraction of sp³-hybridized carbons (Fsp3) is 0.227. The van der Waals surface area contributed by atoms with E-state index >= 15 is 0 Å². The van der Waals surface area contributed by atoms with Crippen LogP contribution in [0.4, 0.5) is 5.82 Å². The number of fused-ring (bicyclic) bond motifs is 3.